The van der Waals surface area contributed by atoms with Crippen molar-refractivity contribution in [3.8, 4) is 0 Å². The van der Waals surface area contributed by atoms with Crippen molar-refractivity contribution in [2.45, 2.75) is 0 Å². The molecule has 2 N–H and O–H groups in total. The Kier molecular flexibility index (Phi) is 4.02. The van der Waals surface area contributed by atoms with E-state index < -0.39 is 0 Å². The normalized spacial score (nSPS) is 18.0. The number of thioether (sulfide) groups is 1. The Bertz CT molecular complexity index is 696. The van der Waals surface area contributed by atoms with Gasteiger partial charge in [0.2, 0.25) is 0 Å². The zero-order valence-corrected chi connectivity index (χ0v) is 11.9. The highest BCUT2D eigenvalue weighted by Gasteiger charge is 2.23. The Morgan fingerprint density at radius 1 is 1.00 bits per heavy atom. The molecule has 2 aromatic rings. The lowest BCUT2D eigenvalue weighted by Crippen LogP contribution is -2.20. The van der Waals surface area contributed by atoms with E-state index >= 15 is 0 Å². The summed E-state index contributed by atoms with van der Waals surface area (Å²) in [6.07, 6.45) is 1.85. The predicted molar refractivity (Wildman–Crippen MR) is 87.7 cm³/mol. The summed E-state index contributed by atoms with van der Waals surface area (Å²) in [6, 6.07) is 19.3. The fourth-order valence-corrected chi connectivity index (χ4v) is 2.59. The van der Waals surface area contributed by atoms with Crippen molar-refractivity contribution in [2.75, 3.05) is 5.43 Å². The number of hydrazone groups is 1. The minimum absolute atomic E-state index is 0.127. The van der Waals surface area contributed by atoms with Gasteiger partial charge in [0.1, 0.15) is 0 Å². The number of rotatable bonds is 3. The molecule has 0 bridgehead atoms. The van der Waals surface area contributed by atoms with Crippen molar-refractivity contribution in [3.05, 3.63) is 71.1 Å². The summed E-state index contributed by atoms with van der Waals surface area (Å²) in [5.74, 6) is -0.127. The van der Waals surface area contributed by atoms with Gasteiger partial charge in [-0.1, -0.05) is 48.5 Å². The van der Waals surface area contributed by atoms with Gasteiger partial charge in [0.25, 0.3) is 5.91 Å². The monoisotopic (exact) mass is 295 g/mol. The van der Waals surface area contributed by atoms with E-state index in [9.17, 15) is 4.79 Å². The van der Waals surface area contributed by atoms with Gasteiger partial charge < -0.3 is 0 Å². The SMILES string of the molecule is O=C1N/C(=N/Nc2ccccc2)S/C1=C/c1ccccc1. The fourth-order valence-electron chi connectivity index (χ4n) is 1.81. The van der Waals surface area contributed by atoms with Gasteiger partial charge >= 0.3 is 0 Å². The number of amides is 1. The van der Waals surface area contributed by atoms with Crippen LogP contribution in [0.15, 0.2) is 70.7 Å². The van der Waals surface area contributed by atoms with Crippen LogP contribution in [0.5, 0.6) is 0 Å². The van der Waals surface area contributed by atoms with Gasteiger partial charge in [-0.05, 0) is 35.5 Å². The molecule has 4 nitrogen and oxygen atoms in total. The lowest BCUT2D eigenvalue weighted by Gasteiger charge is -1.99. The first-order valence-corrected chi connectivity index (χ1v) is 7.27. The number of benzene rings is 2. The Morgan fingerprint density at radius 3 is 2.38 bits per heavy atom. The van der Waals surface area contributed by atoms with E-state index in [1.807, 2.05) is 66.7 Å². The summed E-state index contributed by atoms with van der Waals surface area (Å²) in [5.41, 5.74) is 4.79. The first-order chi connectivity index (χ1) is 10.3. The van der Waals surface area contributed by atoms with E-state index in [0.29, 0.717) is 10.1 Å². The van der Waals surface area contributed by atoms with Crippen LogP contribution in [0.2, 0.25) is 0 Å². The molecule has 1 fully saturated rings. The second-order valence-corrected chi connectivity index (χ2v) is 5.40. The van der Waals surface area contributed by atoms with Gasteiger partial charge in [0.15, 0.2) is 5.17 Å². The first kappa shape index (κ1) is 13.5. The smallest absolute Gasteiger partial charge is 0.264 e. The van der Waals surface area contributed by atoms with Gasteiger partial charge in [-0.2, -0.15) is 0 Å². The van der Waals surface area contributed by atoms with Crippen molar-refractivity contribution in [1.29, 1.82) is 0 Å². The van der Waals surface area contributed by atoms with Crippen LogP contribution in [0.1, 0.15) is 5.56 Å². The molecular formula is C16H13N3OS. The molecule has 0 saturated carbocycles. The Labute approximate surface area is 127 Å². The standard InChI is InChI=1S/C16H13N3OS/c20-15-14(11-12-7-3-1-4-8-12)21-16(17-15)19-18-13-9-5-2-6-10-13/h1-11,18H,(H,17,19,20)/b14-11+. The second kappa shape index (κ2) is 6.28. The summed E-state index contributed by atoms with van der Waals surface area (Å²) < 4.78 is 0. The van der Waals surface area contributed by atoms with Crippen molar-refractivity contribution >= 4 is 34.6 Å². The Morgan fingerprint density at radius 2 is 1.67 bits per heavy atom. The molecule has 0 spiro atoms. The van der Waals surface area contributed by atoms with E-state index in [2.05, 4.69) is 15.8 Å². The molecule has 21 heavy (non-hydrogen) atoms. The number of nitrogens with zero attached hydrogens (tertiary/aromatic N) is 1. The molecule has 1 heterocycles. The third-order valence-corrected chi connectivity index (χ3v) is 3.72. The van der Waals surface area contributed by atoms with Gasteiger partial charge in [-0.25, -0.2) is 0 Å². The molecule has 104 valence electrons. The van der Waals surface area contributed by atoms with Crippen molar-refractivity contribution in [2.24, 2.45) is 5.10 Å². The average Bonchev–Trinajstić information content (AvgIpc) is 2.87. The van der Waals surface area contributed by atoms with E-state index in [4.69, 9.17) is 0 Å². The third-order valence-electron chi connectivity index (χ3n) is 2.81. The maximum atomic E-state index is 11.9. The van der Waals surface area contributed by atoms with Gasteiger partial charge in [0, 0.05) is 0 Å². The molecular weight excluding hydrogens is 282 g/mol. The molecule has 1 aliphatic rings. The van der Waals surface area contributed by atoms with Crippen molar-refractivity contribution in [1.82, 2.24) is 5.32 Å². The number of nitrogens with one attached hydrogen (secondary N) is 2. The largest absolute Gasteiger partial charge is 0.299 e. The van der Waals surface area contributed by atoms with Gasteiger partial charge in [-0.15, -0.1) is 5.10 Å². The molecule has 0 unspecified atom stereocenters. The number of anilines is 1. The minimum Gasteiger partial charge on any atom is -0.299 e. The van der Waals surface area contributed by atoms with Crippen LogP contribution in [-0.4, -0.2) is 11.1 Å². The van der Waals surface area contributed by atoms with Crippen LogP contribution >= 0.6 is 11.8 Å². The third kappa shape index (κ3) is 3.52. The summed E-state index contributed by atoms with van der Waals surface area (Å²) in [4.78, 5) is 12.5. The molecule has 3 rings (SSSR count). The van der Waals surface area contributed by atoms with Crippen LogP contribution in [0.3, 0.4) is 0 Å². The number of amidine groups is 1. The van der Waals surface area contributed by atoms with Gasteiger partial charge in [0.05, 0.1) is 10.6 Å². The van der Waals surface area contributed by atoms with E-state index in [1.165, 1.54) is 11.8 Å². The summed E-state index contributed by atoms with van der Waals surface area (Å²) in [6.45, 7) is 0. The van der Waals surface area contributed by atoms with Crippen LogP contribution in [0.4, 0.5) is 5.69 Å². The molecule has 1 saturated heterocycles. The number of carbonyl (C=O) groups excluding carboxylic acids is 1. The predicted octanol–water partition coefficient (Wildman–Crippen LogP) is 3.27. The maximum Gasteiger partial charge on any atom is 0.264 e. The average molecular weight is 295 g/mol. The first-order valence-electron chi connectivity index (χ1n) is 6.46. The van der Waals surface area contributed by atoms with E-state index in [-0.39, 0.29) is 5.91 Å². The van der Waals surface area contributed by atoms with E-state index in [1.54, 1.807) is 0 Å². The topological polar surface area (TPSA) is 53.5 Å². The van der Waals surface area contributed by atoms with Crippen LogP contribution in [0.25, 0.3) is 6.08 Å². The molecule has 0 aliphatic carbocycles. The number of hydrogen-bond acceptors (Lipinski definition) is 4. The Hall–Kier alpha value is -2.53. The molecule has 0 aromatic heterocycles. The van der Waals surface area contributed by atoms with E-state index in [0.717, 1.165) is 11.3 Å². The quantitative estimate of drug-likeness (QED) is 0.675. The highest BCUT2D eigenvalue weighted by Crippen LogP contribution is 2.25. The summed E-state index contributed by atoms with van der Waals surface area (Å²) >= 11 is 1.32. The molecule has 5 heteroatoms. The fraction of sp³-hybridized carbons (Fsp3) is 0. The number of carbonyl (C=O) groups is 1. The van der Waals surface area contributed by atoms with Crippen LogP contribution < -0.4 is 10.7 Å². The molecule has 2 aromatic carbocycles. The molecule has 0 radical (unpaired) electrons. The second-order valence-electron chi connectivity index (χ2n) is 4.37. The lowest BCUT2D eigenvalue weighted by molar-refractivity contribution is -0.115. The molecule has 1 aliphatic heterocycles. The maximum absolute atomic E-state index is 11.9. The number of hydrogen-bond donors (Lipinski definition) is 2. The summed E-state index contributed by atoms with van der Waals surface area (Å²) in [7, 11) is 0. The van der Waals surface area contributed by atoms with Crippen molar-refractivity contribution < 1.29 is 4.79 Å². The molecule has 0 atom stereocenters. The lowest BCUT2D eigenvalue weighted by atomic mass is 10.2. The highest BCUT2D eigenvalue weighted by atomic mass is 32.2. The zero-order valence-electron chi connectivity index (χ0n) is 11.1. The minimum atomic E-state index is -0.127. The van der Waals surface area contributed by atoms with Gasteiger partial charge in [-0.3, -0.25) is 15.5 Å². The zero-order chi connectivity index (χ0) is 14.5. The summed E-state index contributed by atoms with van der Waals surface area (Å²) in [5, 5.41) is 7.48. The Balaban J connectivity index is 1.71. The number of para-hydroxylation sites is 1. The molecule has 1 amide bonds. The highest BCUT2D eigenvalue weighted by molar-refractivity contribution is 8.18. The van der Waals surface area contributed by atoms with Crippen LogP contribution in [-0.2, 0) is 4.79 Å². The van der Waals surface area contributed by atoms with Crippen molar-refractivity contribution in [3.63, 3.8) is 0 Å². The van der Waals surface area contributed by atoms with Crippen LogP contribution in [0, 0.1) is 0 Å².